The monoisotopic (exact) mass is 166 g/mol. The van der Waals surface area contributed by atoms with Gasteiger partial charge in [-0.1, -0.05) is 6.42 Å². The third-order valence-corrected chi connectivity index (χ3v) is 4.68. The zero-order chi connectivity index (χ0) is 8.18. The quantitative estimate of drug-likeness (QED) is 0.585. The van der Waals surface area contributed by atoms with E-state index in [1.807, 2.05) is 0 Å². The SMILES string of the molecule is O[C@@]12CCC[C@H]3CC[C@@H](CC1)[C@H]32. The van der Waals surface area contributed by atoms with Gasteiger partial charge in [-0.2, -0.15) is 0 Å². The van der Waals surface area contributed by atoms with Gasteiger partial charge in [0.1, 0.15) is 0 Å². The van der Waals surface area contributed by atoms with Crippen LogP contribution in [-0.2, 0) is 0 Å². The van der Waals surface area contributed by atoms with Crippen LogP contribution < -0.4 is 0 Å². The maximum atomic E-state index is 10.4. The fourth-order valence-corrected chi connectivity index (χ4v) is 4.26. The molecule has 0 heterocycles. The molecule has 0 amide bonds. The van der Waals surface area contributed by atoms with Crippen LogP contribution in [0.25, 0.3) is 0 Å². The summed E-state index contributed by atoms with van der Waals surface area (Å²) in [5, 5.41) is 10.4. The second-order valence-corrected chi connectivity index (χ2v) is 5.16. The van der Waals surface area contributed by atoms with Gasteiger partial charge in [-0.25, -0.2) is 0 Å². The lowest BCUT2D eigenvalue weighted by atomic mass is 9.72. The van der Waals surface area contributed by atoms with E-state index in [0.29, 0.717) is 5.92 Å². The predicted octanol–water partition coefficient (Wildman–Crippen LogP) is 2.34. The molecule has 3 saturated carbocycles. The Hall–Kier alpha value is -0.0400. The van der Waals surface area contributed by atoms with Gasteiger partial charge in [0.05, 0.1) is 5.60 Å². The van der Waals surface area contributed by atoms with Gasteiger partial charge >= 0.3 is 0 Å². The standard InChI is InChI=1S/C11H18O/c12-11-6-1-2-8-3-4-9(5-7-11)10(8)11/h8-10,12H,1-7H2/t8-,9-,10-,11-/m0/s1. The summed E-state index contributed by atoms with van der Waals surface area (Å²) in [5.41, 5.74) is -0.204. The van der Waals surface area contributed by atoms with Crippen molar-refractivity contribution in [1.29, 1.82) is 0 Å². The Morgan fingerprint density at radius 2 is 1.67 bits per heavy atom. The highest BCUT2D eigenvalue weighted by atomic mass is 16.3. The van der Waals surface area contributed by atoms with Crippen molar-refractivity contribution in [2.24, 2.45) is 17.8 Å². The van der Waals surface area contributed by atoms with E-state index < -0.39 is 0 Å². The topological polar surface area (TPSA) is 20.2 Å². The van der Waals surface area contributed by atoms with Gasteiger partial charge in [0.2, 0.25) is 0 Å². The highest BCUT2D eigenvalue weighted by Crippen LogP contribution is 2.58. The Morgan fingerprint density at radius 3 is 2.50 bits per heavy atom. The third kappa shape index (κ3) is 0.783. The molecule has 0 aromatic rings. The molecule has 4 atom stereocenters. The van der Waals surface area contributed by atoms with Crippen molar-refractivity contribution in [3.8, 4) is 0 Å². The second kappa shape index (κ2) is 2.25. The first-order valence-corrected chi connectivity index (χ1v) is 5.52. The van der Waals surface area contributed by atoms with Crippen molar-refractivity contribution in [3.63, 3.8) is 0 Å². The third-order valence-electron chi connectivity index (χ3n) is 4.68. The lowest BCUT2D eigenvalue weighted by molar-refractivity contribution is -0.0506. The normalized spacial score (nSPS) is 57.2. The fourth-order valence-electron chi connectivity index (χ4n) is 4.26. The average molecular weight is 166 g/mol. The van der Waals surface area contributed by atoms with Crippen LogP contribution in [0.4, 0.5) is 0 Å². The molecule has 3 aliphatic rings. The summed E-state index contributed by atoms with van der Waals surface area (Å²) in [6.07, 6.45) is 9.05. The van der Waals surface area contributed by atoms with Crippen molar-refractivity contribution in [2.75, 3.05) is 0 Å². The van der Waals surface area contributed by atoms with E-state index in [2.05, 4.69) is 0 Å². The predicted molar refractivity (Wildman–Crippen MR) is 47.7 cm³/mol. The largest absolute Gasteiger partial charge is 0.390 e. The van der Waals surface area contributed by atoms with Gasteiger partial charge in [0, 0.05) is 0 Å². The molecule has 0 aromatic carbocycles. The van der Waals surface area contributed by atoms with E-state index in [9.17, 15) is 5.11 Å². The van der Waals surface area contributed by atoms with Crippen molar-refractivity contribution >= 4 is 0 Å². The molecule has 0 radical (unpaired) electrons. The first kappa shape index (κ1) is 7.37. The number of hydrogen-bond donors (Lipinski definition) is 1. The molecule has 1 heteroatoms. The van der Waals surface area contributed by atoms with Crippen LogP contribution in [0, 0.1) is 17.8 Å². The minimum Gasteiger partial charge on any atom is -0.390 e. The zero-order valence-electron chi connectivity index (χ0n) is 7.63. The summed E-state index contributed by atoms with van der Waals surface area (Å²) in [6, 6.07) is 0. The molecule has 3 fully saturated rings. The van der Waals surface area contributed by atoms with E-state index in [1.54, 1.807) is 0 Å². The molecular formula is C11H18O. The molecule has 0 unspecified atom stereocenters. The molecule has 1 N–H and O–H groups in total. The number of aliphatic hydroxyl groups is 1. The lowest BCUT2D eigenvalue weighted by Gasteiger charge is -2.38. The van der Waals surface area contributed by atoms with Crippen LogP contribution in [-0.4, -0.2) is 10.7 Å². The van der Waals surface area contributed by atoms with Crippen molar-refractivity contribution in [1.82, 2.24) is 0 Å². The summed E-state index contributed by atoms with van der Waals surface area (Å²) in [5.74, 6) is 2.52. The molecule has 0 bridgehead atoms. The van der Waals surface area contributed by atoms with Gasteiger partial charge in [-0.15, -0.1) is 0 Å². The van der Waals surface area contributed by atoms with Crippen molar-refractivity contribution in [2.45, 2.75) is 50.5 Å². The van der Waals surface area contributed by atoms with Gasteiger partial charge in [-0.05, 0) is 56.3 Å². The van der Waals surface area contributed by atoms with Crippen LogP contribution in [0.2, 0.25) is 0 Å². The molecule has 3 rings (SSSR count). The maximum Gasteiger partial charge on any atom is 0.0681 e. The molecule has 0 spiro atoms. The summed E-state index contributed by atoms with van der Waals surface area (Å²) in [7, 11) is 0. The van der Waals surface area contributed by atoms with E-state index in [-0.39, 0.29) is 5.60 Å². The van der Waals surface area contributed by atoms with E-state index in [1.165, 1.54) is 32.1 Å². The Bertz CT molecular complexity index is 195. The number of rotatable bonds is 0. The van der Waals surface area contributed by atoms with Gasteiger partial charge in [0.15, 0.2) is 0 Å². The highest BCUT2D eigenvalue weighted by Gasteiger charge is 2.54. The zero-order valence-corrected chi connectivity index (χ0v) is 7.63. The number of hydrogen-bond acceptors (Lipinski definition) is 1. The first-order valence-electron chi connectivity index (χ1n) is 5.52. The minimum atomic E-state index is -0.204. The second-order valence-electron chi connectivity index (χ2n) is 5.16. The van der Waals surface area contributed by atoms with Crippen molar-refractivity contribution in [3.05, 3.63) is 0 Å². The van der Waals surface area contributed by atoms with E-state index in [0.717, 1.165) is 24.7 Å². The van der Waals surface area contributed by atoms with Gasteiger partial charge in [-0.3, -0.25) is 0 Å². The average Bonchev–Trinajstić information content (AvgIpc) is 2.59. The molecule has 3 aliphatic carbocycles. The smallest absolute Gasteiger partial charge is 0.0681 e. The summed E-state index contributed by atoms with van der Waals surface area (Å²) < 4.78 is 0. The van der Waals surface area contributed by atoms with Crippen LogP contribution >= 0.6 is 0 Å². The Labute approximate surface area is 74.2 Å². The molecule has 1 nitrogen and oxygen atoms in total. The summed E-state index contributed by atoms with van der Waals surface area (Å²) >= 11 is 0. The Morgan fingerprint density at radius 1 is 0.917 bits per heavy atom. The van der Waals surface area contributed by atoms with Crippen molar-refractivity contribution < 1.29 is 5.11 Å². The Balaban J connectivity index is 1.95. The summed E-state index contributed by atoms with van der Waals surface area (Å²) in [4.78, 5) is 0. The van der Waals surface area contributed by atoms with E-state index in [4.69, 9.17) is 0 Å². The first-order chi connectivity index (χ1) is 5.80. The van der Waals surface area contributed by atoms with Crippen LogP contribution in [0.3, 0.4) is 0 Å². The lowest BCUT2D eigenvalue weighted by Crippen LogP contribution is -2.40. The molecule has 12 heavy (non-hydrogen) atoms. The molecular weight excluding hydrogens is 148 g/mol. The van der Waals surface area contributed by atoms with Gasteiger partial charge < -0.3 is 5.11 Å². The fraction of sp³-hybridized carbons (Fsp3) is 1.00. The molecule has 0 aliphatic heterocycles. The minimum absolute atomic E-state index is 0.204. The van der Waals surface area contributed by atoms with Crippen LogP contribution in [0.15, 0.2) is 0 Å². The Kier molecular flexibility index (Phi) is 1.39. The molecule has 68 valence electrons. The van der Waals surface area contributed by atoms with Crippen LogP contribution in [0.1, 0.15) is 44.9 Å². The molecule has 0 aromatic heterocycles. The maximum absolute atomic E-state index is 10.4. The van der Waals surface area contributed by atoms with Crippen LogP contribution in [0.5, 0.6) is 0 Å². The van der Waals surface area contributed by atoms with E-state index >= 15 is 0 Å². The van der Waals surface area contributed by atoms with Gasteiger partial charge in [0.25, 0.3) is 0 Å². The highest BCUT2D eigenvalue weighted by molar-refractivity contribution is 5.05. The summed E-state index contributed by atoms with van der Waals surface area (Å²) in [6.45, 7) is 0. The molecule has 0 saturated heterocycles.